The summed E-state index contributed by atoms with van der Waals surface area (Å²) in [4.78, 5) is 10.9. The van der Waals surface area contributed by atoms with Crippen LogP contribution in [0, 0.1) is 0 Å². The van der Waals surface area contributed by atoms with Crippen LogP contribution in [0.1, 0.15) is 11.3 Å². The zero-order valence-corrected chi connectivity index (χ0v) is 16.5. The van der Waals surface area contributed by atoms with Gasteiger partial charge in [-0.1, -0.05) is 41.1 Å². The molecule has 1 heterocycles. The van der Waals surface area contributed by atoms with E-state index in [1.165, 1.54) is 18.2 Å². The first-order valence-corrected chi connectivity index (χ1v) is 10.0. The fourth-order valence-corrected chi connectivity index (χ4v) is 4.10. The van der Waals surface area contributed by atoms with Crippen LogP contribution in [0.4, 0.5) is 13.2 Å². The van der Waals surface area contributed by atoms with Crippen LogP contribution in [-0.4, -0.2) is 29.3 Å². The normalized spacial score (nSPS) is 12.2. The molecule has 0 bridgehead atoms. The van der Waals surface area contributed by atoms with Crippen molar-refractivity contribution >= 4 is 27.5 Å². The number of nitrogens with two attached hydrogens (primary N) is 2. The Morgan fingerprint density at radius 2 is 1.83 bits per heavy atom. The molecule has 3 rings (SSSR count). The maximum atomic E-state index is 12.9. The number of halogens is 4. The topological polar surface area (TPSA) is 134 Å². The molecule has 1 aromatic heterocycles. The van der Waals surface area contributed by atoms with Crippen LogP contribution in [-0.2, 0) is 27.4 Å². The minimum atomic E-state index is -4.79. The van der Waals surface area contributed by atoms with Gasteiger partial charge >= 0.3 is 6.18 Å². The van der Waals surface area contributed by atoms with Crippen molar-refractivity contribution in [3.05, 3.63) is 58.9 Å². The van der Waals surface area contributed by atoms with E-state index in [-0.39, 0.29) is 33.8 Å². The second-order valence-electron chi connectivity index (χ2n) is 6.16. The monoisotopic (exact) mass is 459 g/mol. The predicted molar refractivity (Wildman–Crippen MR) is 101 cm³/mol. The minimum Gasteiger partial charge on any atom is -0.369 e. The Hall–Kier alpha value is -2.96. The number of rotatable bonds is 5. The molecule has 30 heavy (non-hydrogen) atoms. The van der Waals surface area contributed by atoms with Crippen LogP contribution in [0.25, 0.3) is 16.8 Å². The third-order valence-corrected chi connectivity index (χ3v) is 5.36. The highest BCUT2D eigenvalue weighted by Gasteiger charge is 2.35. The summed E-state index contributed by atoms with van der Waals surface area (Å²) in [5, 5.41) is 11.9. The van der Waals surface area contributed by atoms with Gasteiger partial charge in [-0.2, -0.15) is 13.2 Å². The van der Waals surface area contributed by atoms with Crippen molar-refractivity contribution in [1.29, 1.82) is 0 Å². The van der Waals surface area contributed by atoms with Crippen molar-refractivity contribution in [3.63, 3.8) is 0 Å². The van der Waals surface area contributed by atoms with Gasteiger partial charge in [-0.05, 0) is 17.7 Å². The summed E-state index contributed by atoms with van der Waals surface area (Å²) in [5.74, 6) is -0.767. The van der Waals surface area contributed by atoms with Crippen molar-refractivity contribution < 1.29 is 26.4 Å². The number of benzene rings is 2. The molecule has 0 unspecified atom stereocenters. The zero-order chi connectivity index (χ0) is 22.3. The molecule has 1 amide bonds. The summed E-state index contributed by atoms with van der Waals surface area (Å²) in [6.45, 7) is 0. The molecule has 8 nitrogen and oxygen atoms in total. The predicted octanol–water partition coefficient (Wildman–Crippen LogP) is 2.28. The number of primary amides is 1. The van der Waals surface area contributed by atoms with Gasteiger partial charge in [0.25, 0.3) is 0 Å². The number of primary sulfonamides is 1. The molecule has 0 radical (unpaired) electrons. The maximum absolute atomic E-state index is 12.9. The lowest BCUT2D eigenvalue weighted by atomic mass is 9.96. The highest BCUT2D eigenvalue weighted by molar-refractivity contribution is 7.89. The van der Waals surface area contributed by atoms with Crippen LogP contribution in [0.5, 0.6) is 0 Å². The van der Waals surface area contributed by atoms with Crippen molar-refractivity contribution in [3.8, 4) is 16.8 Å². The lowest BCUT2D eigenvalue weighted by molar-refractivity contribution is -0.141. The molecule has 0 aliphatic rings. The van der Waals surface area contributed by atoms with E-state index < -0.39 is 32.7 Å². The third kappa shape index (κ3) is 4.30. The van der Waals surface area contributed by atoms with Gasteiger partial charge in [0.2, 0.25) is 15.9 Å². The van der Waals surface area contributed by atoms with E-state index in [4.69, 9.17) is 22.5 Å². The molecule has 2 aromatic carbocycles. The SMILES string of the molecule is NC(=O)Cc1ccc(-n2cc(C(F)(F)F)nn2)c(S(N)(=O)=O)c1-c1ccccc1Cl. The van der Waals surface area contributed by atoms with Gasteiger partial charge in [-0.25, -0.2) is 18.2 Å². The first kappa shape index (κ1) is 21.7. The van der Waals surface area contributed by atoms with Crippen LogP contribution < -0.4 is 10.9 Å². The highest BCUT2D eigenvalue weighted by atomic mass is 35.5. The number of carbonyl (C=O) groups is 1. The average Bonchev–Trinajstić information content (AvgIpc) is 3.11. The standard InChI is InChI=1S/C17H13ClF3N5O3S/c18-11-4-2-1-3-10(11)15-9(7-14(22)27)5-6-12(16(15)30(23,28)29)26-8-13(24-25-26)17(19,20)21/h1-6,8H,7H2,(H2,22,27)(H2,23,28,29). The van der Waals surface area contributed by atoms with Gasteiger partial charge in [-0.15, -0.1) is 5.10 Å². The minimum absolute atomic E-state index is 0.0662. The molecule has 3 aromatic rings. The van der Waals surface area contributed by atoms with Gasteiger partial charge < -0.3 is 5.73 Å². The van der Waals surface area contributed by atoms with E-state index >= 15 is 0 Å². The molecule has 0 aliphatic carbocycles. The Morgan fingerprint density at radius 1 is 1.17 bits per heavy atom. The van der Waals surface area contributed by atoms with Crippen LogP contribution >= 0.6 is 11.6 Å². The summed E-state index contributed by atoms with van der Waals surface area (Å²) in [6.07, 6.45) is -4.64. The molecule has 0 fully saturated rings. The van der Waals surface area contributed by atoms with E-state index in [0.29, 0.717) is 10.9 Å². The van der Waals surface area contributed by atoms with Gasteiger partial charge in [-0.3, -0.25) is 4.79 Å². The molecule has 0 aliphatic heterocycles. The van der Waals surface area contributed by atoms with E-state index in [1.807, 2.05) is 0 Å². The van der Waals surface area contributed by atoms with Gasteiger partial charge in [0.05, 0.1) is 18.3 Å². The molecular formula is C17H13ClF3N5O3S. The summed E-state index contributed by atoms with van der Waals surface area (Å²) < 4.78 is 64.4. The molecule has 0 saturated carbocycles. The molecule has 0 atom stereocenters. The molecule has 158 valence electrons. The second-order valence-corrected chi connectivity index (χ2v) is 8.07. The van der Waals surface area contributed by atoms with Crippen LogP contribution in [0.2, 0.25) is 5.02 Å². The number of nitrogens with zero attached hydrogens (tertiary/aromatic N) is 3. The fraction of sp³-hybridized carbons (Fsp3) is 0.118. The van der Waals surface area contributed by atoms with Crippen molar-refractivity contribution in [2.24, 2.45) is 10.9 Å². The van der Waals surface area contributed by atoms with Crippen molar-refractivity contribution in [1.82, 2.24) is 15.0 Å². The van der Waals surface area contributed by atoms with E-state index in [2.05, 4.69) is 10.3 Å². The maximum Gasteiger partial charge on any atom is 0.436 e. The smallest absolute Gasteiger partial charge is 0.369 e. The van der Waals surface area contributed by atoms with Crippen LogP contribution in [0.15, 0.2) is 47.5 Å². The lowest BCUT2D eigenvalue weighted by Gasteiger charge is -2.18. The Kier molecular flexibility index (Phi) is 5.58. The summed E-state index contributed by atoms with van der Waals surface area (Å²) >= 11 is 6.22. The zero-order valence-electron chi connectivity index (χ0n) is 14.9. The summed E-state index contributed by atoms with van der Waals surface area (Å²) in [6, 6.07) is 8.60. The number of sulfonamides is 1. The largest absolute Gasteiger partial charge is 0.436 e. The number of hydrogen-bond donors (Lipinski definition) is 2. The summed E-state index contributed by atoms with van der Waals surface area (Å²) in [7, 11) is -4.54. The quantitative estimate of drug-likeness (QED) is 0.603. The average molecular weight is 460 g/mol. The number of aromatic nitrogens is 3. The Balaban J connectivity index is 2.41. The number of carbonyl (C=O) groups excluding carboxylic acids is 1. The van der Waals surface area contributed by atoms with E-state index in [1.54, 1.807) is 12.1 Å². The van der Waals surface area contributed by atoms with Crippen molar-refractivity contribution in [2.75, 3.05) is 0 Å². The molecule has 4 N–H and O–H groups in total. The van der Waals surface area contributed by atoms with Crippen LogP contribution in [0.3, 0.4) is 0 Å². The summed E-state index contributed by atoms with van der Waals surface area (Å²) in [5.41, 5.74) is 3.92. The number of amides is 1. The Morgan fingerprint density at radius 3 is 2.37 bits per heavy atom. The van der Waals surface area contributed by atoms with E-state index in [9.17, 15) is 26.4 Å². The van der Waals surface area contributed by atoms with Gasteiger partial charge in [0.1, 0.15) is 4.90 Å². The Bertz CT molecular complexity index is 1240. The molecular weight excluding hydrogens is 447 g/mol. The number of hydrogen-bond acceptors (Lipinski definition) is 5. The first-order chi connectivity index (χ1) is 13.9. The first-order valence-electron chi connectivity index (χ1n) is 8.11. The van der Waals surface area contributed by atoms with Crippen molar-refractivity contribution in [2.45, 2.75) is 17.5 Å². The number of alkyl halides is 3. The molecule has 0 saturated heterocycles. The highest BCUT2D eigenvalue weighted by Crippen LogP contribution is 2.39. The Labute approximate surface area is 173 Å². The van der Waals surface area contributed by atoms with E-state index in [0.717, 1.165) is 6.07 Å². The van der Waals surface area contributed by atoms with Gasteiger partial charge in [0.15, 0.2) is 5.69 Å². The lowest BCUT2D eigenvalue weighted by Crippen LogP contribution is -2.20. The molecule has 13 heteroatoms. The molecule has 0 spiro atoms. The van der Waals surface area contributed by atoms with Gasteiger partial charge in [0, 0.05) is 16.1 Å². The fourth-order valence-electron chi connectivity index (χ4n) is 2.89. The second kappa shape index (κ2) is 7.70. The third-order valence-electron chi connectivity index (χ3n) is 4.05.